The number of carbonyl (C=O) groups excluding carboxylic acids is 1. The van der Waals surface area contributed by atoms with Crippen LogP contribution < -0.4 is 11.0 Å². The van der Waals surface area contributed by atoms with Crippen LogP contribution in [0.15, 0.2) is 51.3 Å². The van der Waals surface area contributed by atoms with E-state index in [1.807, 2.05) is 30.3 Å². The topological polar surface area (TPSA) is 90.1 Å². The average Bonchev–Trinajstić information content (AvgIpc) is 2.85. The predicted molar refractivity (Wildman–Crippen MR) is 82.0 cm³/mol. The van der Waals surface area contributed by atoms with Crippen LogP contribution in [0.3, 0.4) is 0 Å². The Bertz CT molecular complexity index is 716. The van der Waals surface area contributed by atoms with Gasteiger partial charge in [-0.05, 0) is 11.6 Å². The largest absolute Gasteiger partial charge is 0.302 e. The number of H-pyrrole nitrogens is 2. The van der Waals surface area contributed by atoms with Gasteiger partial charge in [-0.1, -0.05) is 41.9 Å². The Balaban J connectivity index is 1.85. The van der Waals surface area contributed by atoms with E-state index in [0.29, 0.717) is 10.7 Å². The maximum absolute atomic E-state index is 11.5. The summed E-state index contributed by atoms with van der Waals surface area (Å²) in [5, 5.41) is 9.06. The molecule has 0 bridgehead atoms. The first kappa shape index (κ1) is 14.8. The number of rotatable bonds is 5. The van der Waals surface area contributed by atoms with Crippen molar-refractivity contribution in [1.29, 1.82) is 0 Å². The second kappa shape index (κ2) is 7.25. The number of allylic oxidation sites excluding steroid dienone is 1. The van der Waals surface area contributed by atoms with Gasteiger partial charge in [-0.15, -0.1) is 0 Å². The van der Waals surface area contributed by atoms with E-state index in [2.05, 4.69) is 20.7 Å². The first-order valence-electron chi connectivity index (χ1n) is 6.14. The third-order valence-electron chi connectivity index (χ3n) is 2.48. The SMILES string of the molecule is O=C(Cc1cc(=O)[nH][nH]1)N/N=C/C(Cl)=C\c1ccccc1. The lowest BCUT2D eigenvalue weighted by atomic mass is 10.2. The molecule has 1 aromatic heterocycles. The molecule has 3 N–H and O–H groups in total. The molecule has 2 rings (SSSR count). The number of nitrogens with one attached hydrogen (secondary N) is 3. The summed E-state index contributed by atoms with van der Waals surface area (Å²) < 4.78 is 0. The Hall–Kier alpha value is -2.60. The summed E-state index contributed by atoms with van der Waals surface area (Å²) in [4.78, 5) is 22.4. The van der Waals surface area contributed by atoms with Crippen molar-refractivity contribution in [2.24, 2.45) is 5.10 Å². The van der Waals surface area contributed by atoms with Gasteiger partial charge < -0.3 is 5.10 Å². The van der Waals surface area contributed by atoms with Crippen molar-refractivity contribution in [2.45, 2.75) is 6.42 Å². The van der Waals surface area contributed by atoms with Gasteiger partial charge in [0.05, 0.1) is 17.7 Å². The van der Waals surface area contributed by atoms with E-state index in [1.54, 1.807) is 6.08 Å². The Morgan fingerprint density at radius 1 is 1.29 bits per heavy atom. The molecule has 108 valence electrons. The minimum Gasteiger partial charge on any atom is -0.302 e. The second-order valence-corrected chi connectivity index (χ2v) is 4.63. The fourth-order valence-corrected chi connectivity index (χ4v) is 1.77. The van der Waals surface area contributed by atoms with Gasteiger partial charge in [0.15, 0.2) is 0 Å². The highest BCUT2D eigenvalue weighted by atomic mass is 35.5. The highest BCUT2D eigenvalue weighted by molar-refractivity contribution is 6.41. The Morgan fingerprint density at radius 2 is 2.05 bits per heavy atom. The van der Waals surface area contributed by atoms with E-state index in [1.165, 1.54) is 12.3 Å². The zero-order valence-electron chi connectivity index (χ0n) is 11.0. The first-order valence-corrected chi connectivity index (χ1v) is 6.52. The van der Waals surface area contributed by atoms with Crippen molar-refractivity contribution in [3.05, 3.63) is 63.0 Å². The van der Waals surface area contributed by atoms with Crippen LogP contribution in [0.25, 0.3) is 6.08 Å². The van der Waals surface area contributed by atoms with Gasteiger partial charge in [-0.25, -0.2) is 5.43 Å². The van der Waals surface area contributed by atoms with Crippen molar-refractivity contribution in [1.82, 2.24) is 15.6 Å². The molecule has 1 amide bonds. The average molecular weight is 305 g/mol. The summed E-state index contributed by atoms with van der Waals surface area (Å²) in [6, 6.07) is 10.8. The summed E-state index contributed by atoms with van der Waals surface area (Å²) in [5.74, 6) is -0.356. The number of carbonyl (C=O) groups is 1. The van der Waals surface area contributed by atoms with Gasteiger partial charge in [0.2, 0.25) is 5.91 Å². The van der Waals surface area contributed by atoms with E-state index < -0.39 is 0 Å². The molecule has 0 unspecified atom stereocenters. The fraction of sp³-hybridized carbons (Fsp3) is 0.0714. The lowest BCUT2D eigenvalue weighted by Gasteiger charge is -1.97. The lowest BCUT2D eigenvalue weighted by Crippen LogP contribution is -2.19. The predicted octanol–water partition coefficient (Wildman–Crippen LogP) is 1.63. The van der Waals surface area contributed by atoms with Gasteiger partial charge in [0.1, 0.15) is 0 Å². The van der Waals surface area contributed by atoms with Crippen molar-refractivity contribution in [3.63, 3.8) is 0 Å². The fourth-order valence-electron chi connectivity index (χ4n) is 1.59. The van der Waals surface area contributed by atoms with Crippen molar-refractivity contribution in [3.8, 4) is 0 Å². The van der Waals surface area contributed by atoms with Gasteiger partial charge >= 0.3 is 0 Å². The Kier molecular flexibility index (Phi) is 5.11. The first-order chi connectivity index (χ1) is 10.1. The van der Waals surface area contributed by atoms with Crippen LogP contribution in [0.4, 0.5) is 0 Å². The molecular formula is C14H13ClN4O2. The lowest BCUT2D eigenvalue weighted by molar-refractivity contribution is -0.120. The maximum atomic E-state index is 11.5. The van der Waals surface area contributed by atoms with Crippen LogP contribution >= 0.6 is 11.6 Å². The van der Waals surface area contributed by atoms with Gasteiger partial charge in [0.25, 0.3) is 5.56 Å². The molecule has 0 aliphatic carbocycles. The number of hydrazone groups is 1. The molecule has 0 fully saturated rings. The number of amides is 1. The zero-order chi connectivity index (χ0) is 15.1. The molecule has 0 spiro atoms. The molecule has 6 nitrogen and oxygen atoms in total. The number of aromatic nitrogens is 2. The molecule has 21 heavy (non-hydrogen) atoms. The molecule has 0 aliphatic heterocycles. The third-order valence-corrected chi connectivity index (χ3v) is 2.69. The van der Waals surface area contributed by atoms with Gasteiger partial charge in [-0.2, -0.15) is 5.10 Å². The van der Waals surface area contributed by atoms with Crippen LogP contribution in [0.2, 0.25) is 0 Å². The monoisotopic (exact) mass is 304 g/mol. The normalized spacial score (nSPS) is 11.8. The Morgan fingerprint density at radius 3 is 2.71 bits per heavy atom. The van der Waals surface area contributed by atoms with Crippen molar-refractivity contribution in [2.75, 3.05) is 0 Å². The number of hydrogen-bond donors (Lipinski definition) is 3. The molecule has 2 aromatic rings. The zero-order valence-corrected chi connectivity index (χ0v) is 11.7. The molecule has 0 radical (unpaired) electrons. The van der Waals surface area contributed by atoms with E-state index in [-0.39, 0.29) is 17.9 Å². The van der Waals surface area contributed by atoms with E-state index in [4.69, 9.17) is 11.6 Å². The molecule has 1 heterocycles. The van der Waals surface area contributed by atoms with Crippen LogP contribution in [-0.4, -0.2) is 22.3 Å². The quantitative estimate of drug-likeness (QED) is 0.579. The number of benzene rings is 1. The third kappa shape index (κ3) is 5.12. The van der Waals surface area contributed by atoms with Gasteiger partial charge in [-0.3, -0.25) is 14.7 Å². The molecular weight excluding hydrogens is 292 g/mol. The number of aromatic amines is 2. The number of nitrogens with zero attached hydrogens (tertiary/aromatic N) is 1. The molecule has 0 aliphatic rings. The van der Waals surface area contributed by atoms with E-state index >= 15 is 0 Å². The van der Waals surface area contributed by atoms with E-state index in [0.717, 1.165) is 5.56 Å². The van der Waals surface area contributed by atoms with Crippen LogP contribution in [0, 0.1) is 0 Å². The van der Waals surface area contributed by atoms with Crippen LogP contribution in [-0.2, 0) is 11.2 Å². The smallest absolute Gasteiger partial charge is 0.264 e. The summed E-state index contributed by atoms with van der Waals surface area (Å²) >= 11 is 5.97. The maximum Gasteiger partial charge on any atom is 0.264 e. The molecule has 0 atom stereocenters. The minimum absolute atomic E-state index is 0.0239. The second-order valence-electron chi connectivity index (χ2n) is 4.19. The molecule has 7 heteroatoms. The number of halogens is 1. The summed E-state index contributed by atoms with van der Waals surface area (Å²) in [6.45, 7) is 0. The highest BCUT2D eigenvalue weighted by Crippen LogP contribution is 2.07. The standard InChI is InChI=1S/C14H13ClN4O2/c15-11(6-10-4-2-1-3-5-10)9-16-18-13(20)7-12-8-14(21)19-17-12/h1-6,8-9H,7H2,(H,18,20)(H2,17,19,21)/b11-6+,16-9+. The van der Waals surface area contributed by atoms with Crippen LogP contribution in [0.1, 0.15) is 11.3 Å². The number of hydrogen-bond acceptors (Lipinski definition) is 3. The Labute approximate surface area is 125 Å². The van der Waals surface area contributed by atoms with Crippen molar-refractivity contribution < 1.29 is 4.79 Å². The highest BCUT2D eigenvalue weighted by Gasteiger charge is 2.03. The summed E-state index contributed by atoms with van der Waals surface area (Å²) in [5.41, 5.74) is 3.46. The molecule has 0 saturated heterocycles. The van der Waals surface area contributed by atoms with Gasteiger partial charge in [0, 0.05) is 11.8 Å². The molecule has 1 aromatic carbocycles. The minimum atomic E-state index is -0.356. The van der Waals surface area contributed by atoms with E-state index in [9.17, 15) is 9.59 Å². The summed E-state index contributed by atoms with van der Waals surface area (Å²) in [7, 11) is 0. The summed E-state index contributed by atoms with van der Waals surface area (Å²) in [6.07, 6.45) is 3.09. The van der Waals surface area contributed by atoms with Crippen molar-refractivity contribution >= 4 is 29.8 Å². The molecule has 0 saturated carbocycles. The van der Waals surface area contributed by atoms with Crippen LogP contribution in [0.5, 0.6) is 0 Å².